The molecule has 1 aromatic heterocycles. The van der Waals surface area contributed by atoms with Gasteiger partial charge >= 0.3 is 0 Å². The van der Waals surface area contributed by atoms with Crippen LogP contribution in [0.2, 0.25) is 0 Å². The van der Waals surface area contributed by atoms with Crippen molar-refractivity contribution in [2.75, 3.05) is 32.8 Å². The second-order valence-electron chi connectivity index (χ2n) is 4.74. The number of pyridine rings is 1. The Kier molecular flexibility index (Phi) is 4.10. The van der Waals surface area contributed by atoms with Crippen LogP contribution in [0, 0.1) is 0 Å². The summed E-state index contributed by atoms with van der Waals surface area (Å²) in [5.41, 5.74) is 1.83. The molecule has 0 spiro atoms. The first-order valence-electron chi connectivity index (χ1n) is 6.46. The standard InChI is InChI=1S/C13H16BrN3O2/c14-10-1-2-12(15-8-10)13-7-11(19-16-13)9-17-3-5-18-6-4-17/h1-2,8,11H,3-7,9H2/t11-/m1/s1. The van der Waals surface area contributed by atoms with Gasteiger partial charge in [0.25, 0.3) is 0 Å². The number of aromatic nitrogens is 1. The summed E-state index contributed by atoms with van der Waals surface area (Å²) in [6, 6.07) is 3.93. The third kappa shape index (κ3) is 3.32. The Hall–Kier alpha value is -0.980. The Morgan fingerprint density at radius 1 is 1.32 bits per heavy atom. The van der Waals surface area contributed by atoms with Gasteiger partial charge in [0.05, 0.1) is 18.9 Å². The first-order valence-corrected chi connectivity index (χ1v) is 7.25. The van der Waals surface area contributed by atoms with Crippen LogP contribution >= 0.6 is 15.9 Å². The Morgan fingerprint density at radius 2 is 2.16 bits per heavy atom. The van der Waals surface area contributed by atoms with Crippen LogP contribution < -0.4 is 0 Å². The van der Waals surface area contributed by atoms with Crippen molar-refractivity contribution in [1.82, 2.24) is 9.88 Å². The van der Waals surface area contributed by atoms with Crippen LogP contribution in [0.25, 0.3) is 0 Å². The number of nitrogens with zero attached hydrogens (tertiary/aromatic N) is 3. The third-order valence-corrected chi connectivity index (χ3v) is 3.79. The second-order valence-corrected chi connectivity index (χ2v) is 5.66. The molecule has 3 heterocycles. The molecule has 0 saturated carbocycles. The predicted molar refractivity (Wildman–Crippen MR) is 75.2 cm³/mol. The van der Waals surface area contributed by atoms with E-state index in [4.69, 9.17) is 9.57 Å². The van der Waals surface area contributed by atoms with Crippen LogP contribution in [0.15, 0.2) is 28.0 Å². The van der Waals surface area contributed by atoms with Crippen LogP contribution in [0.4, 0.5) is 0 Å². The lowest BCUT2D eigenvalue weighted by molar-refractivity contribution is -0.0000387. The fourth-order valence-electron chi connectivity index (χ4n) is 2.30. The van der Waals surface area contributed by atoms with E-state index in [1.807, 2.05) is 12.1 Å². The predicted octanol–water partition coefficient (Wildman–Crippen LogP) is 1.67. The number of rotatable bonds is 3. The molecule has 1 aromatic rings. The molecule has 0 aliphatic carbocycles. The van der Waals surface area contributed by atoms with E-state index >= 15 is 0 Å². The number of morpholine rings is 1. The Balaban J connectivity index is 1.55. The van der Waals surface area contributed by atoms with Gasteiger partial charge in [-0.3, -0.25) is 9.88 Å². The SMILES string of the molecule is Brc1ccc(C2=NO[C@@H](CN3CCOCC3)C2)nc1. The molecule has 1 atom stereocenters. The lowest BCUT2D eigenvalue weighted by atomic mass is 10.1. The summed E-state index contributed by atoms with van der Waals surface area (Å²) in [6.45, 7) is 4.49. The van der Waals surface area contributed by atoms with Crippen molar-refractivity contribution in [2.24, 2.45) is 5.16 Å². The van der Waals surface area contributed by atoms with Crippen molar-refractivity contribution in [3.05, 3.63) is 28.5 Å². The molecule has 1 fully saturated rings. The van der Waals surface area contributed by atoms with Crippen LogP contribution in [0.1, 0.15) is 12.1 Å². The van der Waals surface area contributed by atoms with Crippen molar-refractivity contribution in [3.63, 3.8) is 0 Å². The molecular formula is C13H16BrN3O2. The van der Waals surface area contributed by atoms with Gasteiger partial charge < -0.3 is 9.57 Å². The van der Waals surface area contributed by atoms with E-state index in [0.29, 0.717) is 0 Å². The van der Waals surface area contributed by atoms with E-state index in [-0.39, 0.29) is 6.10 Å². The maximum atomic E-state index is 5.51. The molecule has 0 unspecified atom stereocenters. The van der Waals surface area contributed by atoms with Crippen molar-refractivity contribution < 1.29 is 9.57 Å². The van der Waals surface area contributed by atoms with Crippen LogP contribution in [-0.4, -0.2) is 54.5 Å². The van der Waals surface area contributed by atoms with Crippen LogP contribution in [-0.2, 0) is 9.57 Å². The smallest absolute Gasteiger partial charge is 0.145 e. The molecule has 19 heavy (non-hydrogen) atoms. The van der Waals surface area contributed by atoms with Crippen molar-refractivity contribution in [3.8, 4) is 0 Å². The molecule has 2 aliphatic heterocycles. The number of oxime groups is 1. The largest absolute Gasteiger partial charge is 0.390 e. The van der Waals surface area contributed by atoms with Gasteiger partial charge in [-0.15, -0.1) is 0 Å². The van der Waals surface area contributed by atoms with Gasteiger partial charge in [0, 0.05) is 36.7 Å². The molecule has 0 bridgehead atoms. The van der Waals surface area contributed by atoms with Gasteiger partial charge in [0.15, 0.2) is 0 Å². The minimum Gasteiger partial charge on any atom is -0.390 e. The Bertz CT molecular complexity index is 457. The van der Waals surface area contributed by atoms with E-state index in [2.05, 4.69) is 31.0 Å². The van der Waals surface area contributed by atoms with Gasteiger partial charge in [-0.2, -0.15) is 0 Å². The molecular weight excluding hydrogens is 310 g/mol. The highest BCUT2D eigenvalue weighted by molar-refractivity contribution is 9.10. The molecule has 102 valence electrons. The normalized spacial score (nSPS) is 24.1. The van der Waals surface area contributed by atoms with Crippen LogP contribution in [0.3, 0.4) is 0 Å². The zero-order valence-corrected chi connectivity index (χ0v) is 12.2. The average Bonchev–Trinajstić information content (AvgIpc) is 2.89. The third-order valence-electron chi connectivity index (χ3n) is 3.32. The summed E-state index contributed by atoms with van der Waals surface area (Å²) in [5.74, 6) is 0. The molecule has 6 heteroatoms. The molecule has 0 amide bonds. The summed E-state index contributed by atoms with van der Waals surface area (Å²) < 4.78 is 6.31. The molecule has 5 nitrogen and oxygen atoms in total. The van der Waals surface area contributed by atoms with Gasteiger partial charge in [-0.1, -0.05) is 5.16 Å². The van der Waals surface area contributed by atoms with Crippen molar-refractivity contribution >= 4 is 21.6 Å². The fraction of sp³-hybridized carbons (Fsp3) is 0.538. The molecule has 3 rings (SSSR count). The monoisotopic (exact) mass is 325 g/mol. The summed E-state index contributed by atoms with van der Waals surface area (Å²) in [4.78, 5) is 12.2. The zero-order valence-electron chi connectivity index (χ0n) is 10.6. The van der Waals surface area contributed by atoms with Gasteiger partial charge in [-0.25, -0.2) is 0 Å². The summed E-state index contributed by atoms with van der Waals surface area (Å²) in [7, 11) is 0. The van der Waals surface area contributed by atoms with Crippen LogP contribution in [0.5, 0.6) is 0 Å². The summed E-state index contributed by atoms with van der Waals surface area (Å²) in [6.07, 6.45) is 2.75. The van der Waals surface area contributed by atoms with Gasteiger partial charge in [0.1, 0.15) is 11.8 Å². The molecule has 2 aliphatic rings. The maximum absolute atomic E-state index is 5.51. The highest BCUT2D eigenvalue weighted by Gasteiger charge is 2.25. The highest BCUT2D eigenvalue weighted by atomic mass is 79.9. The lowest BCUT2D eigenvalue weighted by Crippen LogP contribution is -2.41. The van der Waals surface area contributed by atoms with E-state index in [0.717, 1.165) is 55.1 Å². The fourth-order valence-corrected chi connectivity index (χ4v) is 2.53. The van der Waals surface area contributed by atoms with E-state index in [9.17, 15) is 0 Å². The molecule has 0 N–H and O–H groups in total. The Morgan fingerprint density at radius 3 is 2.89 bits per heavy atom. The zero-order chi connectivity index (χ0) is 13.1. The molecule has 1 saturated heterocycles. The quantitative estimate of drug-likeness (QED) is 0.848. The van der Waals surface area contributed by atoms with E-state index in [1.54, 1.807) is 6.20 Å². The molecule has 0 radical (unpaired) electrons. The minimum absolute atomic E-state index is 0.138. The van der Waals surface area contributed by atoms with E-state index < -0.39 is 0 Å². The number of ether oxygens (including phenoxy) is 1. The second kappa shape index (κ2) is 5.98. The van der Waals surface area contributed by atoms with Gasteiger partial charge in [-0.05, 0) is 28.1 Å². The first kappa shape index (κ1) is 13.0. The van der Waals surface area contributed by atoms with Gasteiger partial charge in [0.2, 0.25) is 0 Å². The van der Waals surface area contributed by atoms with Crippen molar-refractivity contribution in [1.29, 1.82) is 0 Å². The van der Waals surface area contributed by atoms with E-state index in [1.165, 1.54) is 0 Å². The first-order chi connectivity index (χ1) is 9.31. The Labute approximate surface area is 120 Å². The minimum atomic E-state index is 0.138. The number of hydrogen-bond acceptors (Lipinski definition) is 5. The number of halogens is 1. The summed E-state index contributed by atoms with van der Waals surface area (Å²) in [5, 5.41) is 4.16. The lowest BCUT2D eigenvalue weighted by Gasteiger charge is -2.27. The summed E-state index contributed by atoms with van der Waals surface area (Å²) >= 11 is 3.38. The maximum Gasteiger partial charge on any atom is 0.145 e. The molecule has 0 aromatic carbocycles. The average molecular weight is 326 g/mol. The number of hydrogen-bond donors (Lipinski definition) is 0. The highest BCUT2D eigenvalue weighted by Crippen LogP contribution is 2.18. The van der Waals surface area contributed by atoms with Crippen molar-refractivity contribution in [2.45, 2.75) is 12.5 Å². The topological polar surface area (TPSA) is 47.0 Å².